The summed E-state index contributed by atoms with van der Waals surface area (Å²) in [4.78, 5) is 4.26. The molecule has 0 aliphatic carbocycles. The number of hydrogen-bond acceptors (Lipinski definition) is 3. The van der Waals surface area contributed by atoms with Gasteiger partial charge >= 0.3 is 0 Å². The maximum absolute atomic E-state index is 9.95. The molecule has 0 saturated heterocycles. The molecule has 3 nitrogen and oxygen atoms in total. The molecule has 20 heavy (non-hydrogen) atoms. The van der Waals surface area contributed by atoms with Crippen molar-refractivity contribution in [1.29, 1.82) is 0 Å². The van der Waals surface area contributed by atoms with Crippen LogP contribution < -0.4 is 5.32 Å². The molecule has 0 spiro atoms. The first-order valence-corrected chi connectivity index (χ1v) is 7.55. The molecule has 0 aliphatic rings. The fourth-order valence-electron chi connectivity index (χ4n) is 2.55. The third-order valence-electron chi connectivity index (χ3n) is 3.65. The van der Waals surface area contributed by atoms with Crippen molar-refractivity contribution in [2.24, 2.45) is 0 Å². The zero-order valence-corrected chi connectivity index (χ0v) is 12.4. The number of unbranched alkanes of at least 4 members (excludes halogenated alkanes) is 4. The number of rotatable bonds is 7. The van der Waals surface area contributed by atoms with Crippen LogP contribution in [0.3, 0.4) is 0 Å². The lowest BCUT2D eigenvalue weighted by molar-refractivity contribution is 0.480. The van der Waals surface area contributed by atoms with Crippen LogP contribution in [0.25, 0.3) is 10.9 Å². The molecule has 0 saturated carbocycles. The normalized spacial score (nSPS) is 10.9. The number of aromatic hydroxyl groups is 1. The molecular formula is C17H24N2O. The van der Waals surface area contributed by atoms with Crippen LogP contribution in [0.1, 0.15) is 44.6 Å². The zero-order valence-electron chi connectivity index (χ0n) is 12.4. The Balaban J connectivity index is 2.06. The Kier molecular flexibility index (Phi) is 5.22. The third kappa shape index (κ3) is 3.41. The van der Waals surface area contributed by atoms with Gasteiger partial charge in [-0.1, -0.05) is 32.6 Å². The highest BCUT2D eigenvalue weighted by molar-refractivity contribution is 5.96. The molecule has 0 amide bonds. The number of aromatic nitrogens is 1. The molecule has 108 valence electrons. The molecule has 2 rings (SSSR count). The van der Waals surface area contributed by atoms with Gasteiger partial charge in [0.1, 0.15) is 11.3 Å². The van der Waals surface area contributed by atoms with Crippen molar-refractivity contribution in [1.82, 2.24) is 4.98 Å². The fraction of sp³-hybridized carbons (Fsp3) is 0.471. The topological polar surface area (TPSA) is 45.1 Å². The van der Waals surface area contributed by atoms with Crippen molar-refractivity contribution in [3.63, 3.8) is 0 Å². The van der Waals surface area contributed by atoms with Crippen LogP contribution in [-0.4, -0.2) is 16.6 Å². The van der Waals surface area contributed by atoms with E-state index in [1.54, 1.807) is 12.3 Å². The van der Waals surface area contributed by atoms with Crippen LogP contribution in [-0.2, 0) is 0 Å². The Hall–Kier alpha value is -1.77. The van der Waals surface area contributed by atoms with Crippen molar-refractivity contribution in [3.8, 4) is 5.75 Å². The minimum atomic E-state index is 0.256. The Morgan fingerprint density at radius 2 is 2.00 bits per heavy atom. The highest BCUT2D eigenvalue weighted by Crippen LogP contribution is 2.32. The largest absolute Gasteiger partial charge is 0.506 e. The molecule has 2 aromatic rings. The standard InChI is InChI=1S/C17H24N2O/c1-3-4-5-6-7-10-18-16-13(2)12-15(20)17-14(16)9-8-11-19-17/h8-9,11-12,18,20H,3-7,10H2,1-2H3. The van der Waals surface area contributed by atoms with Crippen LogP contribution >= 0.6 is 0 Å². The molecule has 0 bridgehead atoms. The molecule has 0 fully saturated rings. The van der Waals surface area contributed by atoms with E-state index in [1.165, 1.54) is 32.1 Å². The van der Waals surface area contributed by atoms with Crippen LogP contribution in [0, 0.1) is 6.92 Å². The summed E-state index contributed by atoms with van der Waals surface area (Å²) in [6.07, 6.45) is 8.09. The lowest BCUT2D eigenvalue weighted by atomic mass is 10.1. The molecule has 1 aromatic heterocycles. The Morgan fingerprint density at radius 3 is 2.80 bits per heavy atom. The SMILES string of the molecule is CCCCCCCNc1c(C)cc(O)c2ncccc12. The average Bonchev–Trinajstić information content (AvgIpc) is 2.45. The van der Waals surface area contributed by atoms with Crippen molar-refractivity contribution in [2.45, 2.75) is 46.0 Å². The fourth-order valence-corrected chi connectivity index (χ4v) is 2.55. The highest BCUT2D eigenvalue weighted by atomic mass is 16.3. The number of phenolic OH excluding ortho intramolecular Hbond substituents is 1. The second-order valence-electron chi connectivity index (χ2n) is 5.33. The van der Waals surface area contributed by atoms with Crippen molar-refractivity contribution in [2.75, 3.05) is 11.9 Å². The molecular weight excluding hydrogens is 248 g/mol. The molecule has 0 radical (unpaired) electrons. The molecule has 3 heteroatoms. The summed E-state index contributed by atoms with van der Waals surface area (Å²) in [6.45, 7) is 5.22. The van der Waals surface area contributed by atoms with E-state index in [0.29, 0.717) is 5.52 Å². The smallest absolute Gasteiger partial charge is 0.142 e. The van der Waals surface area contributed by atoms with Crippen LogP contribution in [0.15, 0.2) is 24.4 Å². The summed E-state index contributed by atoms with van der Waals surface area (Å²) < 4.78 is 0. The summed E-state index contributed by atoms with van der Waals surface area (Å²) in [5.41, 5.74) is 2.84. The van der Waals surface area contributed by atoms with Gasteiger partial charge in [-0.05, 0) is 37.1 Å². The van der Waals surface area contributed by atoms with E-state index in [2.05, 4.69) is 17.2 Å². The first kappa shape index (κ1) is 14.6. The number of benzene rings is 1. The van der Waals surface area contributed by atoms with Crippen LogP contribution in [0.2, 0.25) is 0 Å². The maximum atomic E-state index is 9.95. The van der Waals surface area contributed by atoms with E-state index in [4.69, 9.17) is 0 Å². The predicted molar refractivity (Wildman–Crippen MR) is 85.4 cm³/mol. The second kappa shape index (κ2) is 7.13. The highest BCUT2D eigenvalue weighted by Gasteiger charge is 2.09. The minimum Gasteiger partial charge on any atom is -0.506 e. The lowest BCUT2D eigenvalue weighted by Crippen LogP contribution is -2.04. The Labute approximate surface area is 121 Å². The van der Waals surface area contributed by atoms with Gasteiger partial charge < -0.3 is 10.4 Å². The van der Waals surface area contributed by atoms with Gasteiger partial charge in [-0.25, -0.2) is 0 Å². The predicted octanol–water partition coefficient (Wildman–Crippen LogP) is 4.63. The van der Waals surface area contributed by atoms with Crippen LogP contribution in [0.5, 0.6) is 5.75 Å². The minimum absolute atomic E-state index is 0.256. The third-order valence-corrected chi connectivity index (χ3v) is 3.65. The molecule has 0 atom stereocenters. The zero-order chi connectivity index (χ0) is 14.4. The van der Waals surface area contributed by atoms with E-state index < -0.39 is 0 Å². The summed E-state index contributed by atoms with van der Waals surface area (Å²) in [5, 5.41) is 14.5. The number of hydrogen-bond donors (Lipinski definition) is 2. The van der Waals surface area contributed by atoms with Crippen molar-refractivity contribution < 1.29 is 5.11 Å². The number of phenols is 1. The molecule has 0 unspecified atom stereocenters. The second-order valence-corrected chi connectivity index (χ2v) is 5.33. The number of fused-ring (bicyclic) bond motifs is 1. The van der Waals surface area contributed by atoms with Gasteiger partial charge in [0.15, 0.2) is 0 Å². The van der Waals surface area contributed by atoms with Gasteiger partial charge in [0.05, 0.1) is 0 Å². The molecule has 2 N–H and O–H groups in total. The lowest BCUT2D eigenvalue weighted by Gasteiger charge is -2.13. The quantitative estimate of drug-likeness (QED) is 0.570. The van der Waals surface area contributed by atoms with Gasteiger partial charge in [-0.2, -0.15) is 0 Å². The number of nitrogens with zero attached hydrogens (tertiary/aromatic N) is 1. The van der Waals surface area contributed by atoms with Gasteiger partial charge in [0.25, 0.3) is 0 Å². The Morgan fingerprint density at radius 1 is 1.20 bits per heavy atom. The van der Waals surface area contributed by atoms with E-state index >= 15 is 0 Å². The van der Waals surface area contributed by atoms with Crippen molar-refractivity contribution in [3.05, 3.63) is 30.0 Å². The van der Waals surface area contributed by atoms with Crippen LogP contribution in [0.4, 0.5) is 5.69 Å². The van der Waals surface area contributed by atoms with E-state index in [-0.39, 0.29) is 5.75 Å². The number of anilines is 1. The van der Waals surface area contributed by atoms with Gasteiger partial charge in [-0.15, -0.1) is 0 Å². The van der Waals surface area contributed by atoms with E-state index in [1.807, 2.05) is 19.1 Å². The number of aryl methyl sites for hydroxylation is 1. The summed E-state index contributed by atoms with van der Waals surface area (Å²) in [7, 11) is 0. The molecule has 1 heterocycles. The Bertz CT molecular complexity index is 566. The van der Waals surface area contributed by atoms with Gasteiger partial charge in [0, 0.05) is 23.8 Å². The molecule has 1 aromatic carbocycles. The maximum Gasteiger partial charge on any atom is 0.142 e. The van der Waals surface area contributed by atoms with Gasteiger partial charge in [0.2, 0.25) is 0 Å². The summed E-state index contributed by atoms with van der Waals surface area (Å²) in [5.74, 6) is 0.256. The van der Waals surface area contributed by atoms with E-state index in [9.17, 15) is 5.11 Å². The summed E-state index contributed by atoms with van der Waals surface area (Å²) >= 11 is 0. The van der Waals surface area contributed by atoms with Gasteiger partial charge in [-0.3, -0.25) is 4.98 Å². The number of nitrogens with one attached hydrogen (secondary N) is 1. The number of pyridine rings is 1. The first-order valence-electron chi connectivity index (χ1n) is 7.55. The average molecular weight is 272 g/mol. The monoisotopic (exact) mass is 272 g/mol. The van der Waals surface area contributed by atoms with E-state index in [0.717, 1.165) is 23.2 Å². The summed E-state index contributed by atoms with van der Waals surface area (Å²) in [6, 6.07) is 5.71. The van der Waals surface area contributed by atoms with Crippen molar-refractivity contribution >= 4 is 16.6 Å². The first-order chi connectivity index (χ1) is 9.74. The molecule has 0 aliphatic heterocycles.